The third-order valence-electron chi connectivity index (χ3n) is 5.59. The molecule has 2 saturated heterocycles. The lowest BCUT2D eigenvalue weighted by molar-refractivity contribution is -0.0426. The van der Waals surface area contributed by atoms with Gasteiger partial charge in [-0.3, -0.25) is 0 Å². The van der Waals surface area contributed by atoms with Crippen LogP contribution in [0.1, 0.15) is 50.3 Å². The fraction of sp³-hybridized carbons (Fsp3) is 0.455. The zero-order valence-electron chi connectivity index (χ0n) is 13.8. The molecule has 2 atom stereocenters. The third-order valence-corrected chi connectivity index (χ3v) is 5.59. The maximum absolute atomic E-state index is 6.67. The van der Waals surface area contributed by atoms with Gasteiger partial charge in [0.1, 0.15) is 6.10 Å². The van der Waals surface area contributed by atoms with E-state index in [9.17, 15) is 0 Å². The van der Waals surface area contributed by atoms with Gasteiger partial charge < -0.3 is 9.64 Å². The number of piperidine rings is 1. The quantitative estimate of drug-likeness (QED) is 0.780. The molecule has 0 radical (unpaired) electrons. The molecular formula is C22H29NO. The molecule has 0 saturated carbocycles. The molecule has 0 aliphatic carbocycles. The van der Waals surface area contributed by atoms with Crippen molar-refractivity contribution in [3.8, 4) is 0 Å². The van der Waals surface area contributed by atoms with Crippen molar-refractivity contribution in [2.75, 3.05) is 7.05 Å². The van der Waals surface area contributed by atoms with Crippen LogP contribution in [0.4, 0.5) is 0 Å². The minimum atomic E-state index is 0. The molecule has 128 valence electrons. The second kappa shape index (κ2) is 7.50. The van der Waals surface area contributed by atoms with Gasteiger partial charge in [0.05, 0.1) is 6.10 Å². The van der Waals surface area contributed by atoms with Gasteiger partial charge in [0, 0.05) is 12.1 Å². The summed E-state index contributed by atoms with van der Waals surface area (Å²) in [6, 6.07) is 22.7. The average molecular weight is 323 g/mol. The highest BCUT2D eigenvalue weighted by Gasteiger charge is 2.39. The molecule has 2 bridgehead atoms. The lowest BCUT2D eigenvalue weighted by atomic mass is 9.97. The Bertz CT molecular complexity index is 573. The normalized spacial score (nSPS) is 26.3. The van der Waals surface area contributed by atoms with E-state index in [-0.39, 0.29) is 13.5 Å². The summed E-state index contributed by atoms with van der Waals surface area (Å²) in [4.78, 5) is 2.57. The van der Waals surface area contributed by atoms with E-state index in [4.69, 9.17) is 4.74 Å². The van der Waals surface area contributed by atoms with Gasteiger partial charge in [-0.1, -0.05) is 68.1 Å². The fourth-order valence-electron chi connectivity index (χ4n) is 4.27. The van der Waals surface area contributed by atoms with Crippen molar-refractivity contribution in [2.24, 2.45) is 0 Å². The van der Waals surface area contributed by atoms with Gasteiger partial charge in [-0.15, -0.1) is 0 Å². The van der Waals surface area contributed by atoms with Crippen molar-refractivity contribution in [1.82, 2.24) is 4.90 Å². The van der Waals surface area contributed by atoms with Gasteiger partial charge in [0.25, 0.3) is 0 Å². The molecule has 2 fully saturated rings. The average Bonchev–Trinajstić information content (AvgIpc) is 2.83. The molecule has 0 aromatic heterocycles. The van der Waals surface area contributed by atoms with Crippen LogP contribution in [0.2, 0.25) is 0 Å². The molecule has 2 aliphatic rings. The number of fused-ring (bicyclic) bond motifs is 2. The summed E-state index contributed by atoms with van der Waals surface area (Å²) in [5.74, 6) is 0. The number of hydrogen-bond donors (Lipinski definition) is 0. The highest BCUT2D eigenvalue weighted by atomic mass is 16.5. The minimum absolute atomic E-state index is 0. The van der Waals surface area contributed by atoms with E-state index in [0.29, 0.717) is 18.2 Å². The first-order valence-electron chi connectivity index (χ1n) is 8.78. The SMILES string of the molecule is C.CN1C2CCC1CC(OC(c1ccccc1)c1ccccc1)C2. The topological polar surface area (TPSA) is 12.5 Å². The molecule has 2 aromatic carbocycles. The molecule has 2 aromatic rings. The molecular weight excluding hydrogens is 294 g/mol. The Morgan fingerprint density at radius 3 is 1.75 bits per heavy atom. The largest absolute Gasteiger partial charge is 0.365 e. The molecule has 0 spiro atoms. The van der Waals surface area contributed by atoms with E-state index in [1.165, 1.54) is 36.8 Å². The van der Waals surface area contributed by atoms with E-state index in [1.807, 2.05) is 0 Å². The first kappa shape index (κ1) is 17.2. The smallest absolute Gasteiger partial charge is 0.108 e. The first-order valence-corrected chi connectivity index (χ1v) is 8.78. The summed E-state index contributed by atoms with van der Waals surface area (Å²) in [5.41, 5.74) is 2.51. The second-order valence-electron chi connectivity index (χ2n) is 6.98. The van der Waals surface area contributed by atoms with E-state index in [1.54, 1.807) is 0 Å². The Kier molecular flexibility index (Phi) is 5.37. The van der Waals surface area contributed by atoms with Crippen LogP contribution >= 0.6 is 0 Å². The van der Waals surface area contributed by atoms with Gasteiger partial charge in [0.2, 0.25) is 0 Å². The second-order valence-corrected chi connectivity index (χ2v) is 6.98. The van der Waals surface area contributed by atoms with Gasteiger partial charge in [0.15, 0.2) is 0 Å². The fourth-order valence-corrected chi connectivity index (χ4v) is 4.27. The number of hydrogen-bond acceptors (Lipinski definition) is 2. The molecule has 24 heavy (non-hydrogen) atoms. The maximum atomic E-state index is 6.67. The van der Waals surface area contributed by atoms with Crippen molar-refractivity contribution in [1.29, 1.82) is 0 Å². The van der Waals surface area contributed by atoms with E-state index in [2.05, 4.69) is 72.6 Å². The van der Waals surface area contributed by atoms with Gasteiger partial charge in [-0.25, -0.2) is 0 Å². The number of benzene rings is 2. The summed E-state index contributed by atoms with van der Waals surface area (Å²) in [6.07, 6.45) is 5.43. The molecule has 0 N–H and O–H groups in total. The Hall–Kier alpha value is -1.64. The number of nitrogens with zero attached hydrogens (tertiary/aromatic N) is 1. The summed E-state index contributed by atoms with van der Waals surface area (Å²) in [7, 11) is 2.28. The van der Waals surface area contributed by atoms with Crippen LogP contribution in [0.15, 0.2) is 60.7 Å². The monoisotopic (exact) mass is 323 g/mol. The van der Waals surface area contributed by atoms with Crippen molar-refractivity contribution in [3.63, 3.8) is 0 Å². The molecule has 2 unspecified atom stereocenters. The zero-order chi connectivity index (χ0) is 15.6. The lowest BCUT2D eigenvalue weighted by Gasteiger charge is -2.38. The lowest BCUT2D eigenvalue weighted by Crippen LogP contribution is -2.43. The minimum Gasteiger partial charge on any atom is -0.365 e. The molecule has 0 amide bonds. The first-order chi connectivity index (χ1) is 11.3. The van der Waals surface area contributed by atoms with Crippen LogP contribution in [-0.4, -0.2) is 30.1 Å². The Morgan fingerprint density at radius 1 is 0.833 bits per heavy atom. The maximum Gasteiger partial charge on any atom is 0.108 e. The van der Waals surface area contributed by atoms with Crippen molar-refractivity contribution in [3.05, 3.63) is 71.8 Å². The Balaban J connectivity index is 0.00000169. The summed E-state index contributed by atoms with van der Waals surface area (Å²) in [6.45, 7) is 0. The number of rotatable bonds is 4. The van der Waals surface area contributed by atoms with Gasteiger partial charge in [-0.2, -0.15) is 0 Å². The predicted molar refractivity (Wildman–Crippen MR) is 100 cm³/mol. The molecule has 2 heteroatoms. The summed E-state index contributed by atoms with van der Waals surface area (Å²) < 4.78 is 6.67. The predicted octanol–water partition coefficient (Wildman–Crippen LogP) is 5.05. The van der Waals surface area contributed by atoms with Gasteiger partial charge >= 0.3 is 0 Å². The molecule has 2 nitrogen and oxygen atoms in total. The van der Waals surface area contributed by atoms with Gasteiger partial charge in [-0.05, 0) is 43.9 Å². The van der Waals surface area contributed by atoms with E-state index < -0.39 is 0 Å². The van der Waals surface area contributed by atoms with E-state index >= 15 is 0 Å². The standard InChI is InChI=1S/C21H25NO.CH4/c1-22-18-12-13-19(22)15-20(14-18)23-21(16-8-4-2-5-9-16)17-10-6-3-7-11-17;/h2-11,18-21H,12-15H2,1H3;1H4. The van der Waals surface area contributed by atoms with Crippen LogP contribution in [0.25, 0.3) is 0 Å². The zero-order valence-corrected chi connectivity index (χ0v) is 13.8. The Morgan fingerprint density at radius 2 is 1.29 bits per heavy atom. The van der Waals surface area contributed by atoms with E-state index in [0.717, 1.165) is 0 Å². The van der Waals surface area contributed by atoms with Crippen LogP contribution < -0.4 is 0 Å². The molecule has 2 aliphatic heterocycles. The summed E-state index contributed by atoms with van der Waals surface area (Å²) >= 11 is 0. The van der Waals surface area contributed by atoms with Crippen molar-refractivity contribution in [2.45, 2.75) is 57.4 Å². The summed E-state index contributed by atoms with van der Waals surface area (Å²) in [5, 5.41) is 0. The van der Waals surface area contributed by atoms with Crippen LogP contribution in [-0.2, 0) is 4.74 Å². The van der Waals surface area contributed by atoms with Crippen LogP contribution in [0.3, 0.4) is 0 Å². The Labute approximate surface area is 146 Å². The van der Waals surface area contributed by atoms with Crippen molar-refractivity contribution < 1.29 is 4.74 Å². The number of ether oxygens (including phenoxy) is 1. The highest BCUT2D eigenvalue weighted by Crippen LogP contribution is 2.38. The molecule has 2 heterocycles. The highest BCUT2D eigenvalue weighted by molar-refractivity contribution is 5.30. The van der Waals surface area contributed by atoms with Crippen molar-refractivity contribution >= 4 is 0 Å². The molecule has 4 rings (SSSR count). The van der Waals surface area contributed by atoms with Crippen LogP contribution in [0, 0.1) is 0 Å². The third kappa shape index (κ3) is 3.40. The van der Waals surface area contributed by atoms with Crippen LogP contribution in [0.5, 0.6) is 0 Å².